The monoisotopic (exact) mass is 289 g/mol. The average molecular weight is 289 g/mol. The molecule has 4 heteroatoms. The normalized spacial score (nSPS) is 13.6. The molecule has 0 spiro atoms. The molecule has 1 aromatic rings. The number of benzene rings is 1. The van der Waals surface area contributed by atoms with Crippen LogP contribution in [-0.4, -0.2) is 44.5 Å². The van der Waals surface area contributed by atoms with E-state index in [0.29, 0.717) is 6.42 Å². The Labute approximate surface area is 128 Å². The van der Waals surface area contributed by atoms with Gasteiger partial charge in [0.25, 0.3) is 0 Å². The van der Waals surface area contributed by atoms with E-state index in [2.05, 4.69) is 41.3 Å². The number of nitrogens with zero attached hydrogens (tertiary/aromatic N) is 2. The van der Waals surface area contributed by atoms with Crippen LogP contribution in [0.4, 0.5) is 11.4 Å². The Kier molecular flexibility index (Phi) is 5.62. The van der Waals surface area contributed by atoms with Gasteiger partial charge in [-0.25, -0.2) is 0 Å². The number of carbonyl (C=O) groups is 1. The molecular weight excluding hydrogens is 262 g/mol. The van der Waals surface area contributed by atoms with Crippen LogP contribution in [0.3, 0.4) is 0 Å². The van der Waals surface area contributed by atoms with Gasteiger partial charge in [-0.05, 0) is 63.7 Å². The van der Waals surface area contributed by atoms with Crippen molar-refractivity contribution in [2.75, 3.05) is 43.9 Å². The summed E-state index contributed by atoms with van der Waals surface area (Å²) in [6.45, 7) is 5.34. The number of hydrogen-bond donors (Lipinski definition) is 1. The smallest absolute Gasteiger partial charge is 0.224 e. The summed E-state index contributed by atoms with van der Waals surface area (Å²) >= 11 is 0. The zero-order valence-corrected chi connectivity index (χ0v) is 13.5. The number of rotatable bonds is 7. The van der Waals surface area contributed by atoms with Gasteiger partial charge in [-0.1, -0.05) is 6.92 Å². The molecule has 1 aliphatic rings. The summed E-state index contributed by atoms with van der Waals surface area (Å²) in [7, 11) is 4.23. The molecule has 0 radical (unpaired) electrons. The molecular formula is C17H27N3O. The summed E-state index contributed by atoms with van der Waals surface area (Å²) in [5.74, 6) is 0.110. The highest BCUT2D eigenvalue weighted by Crippen LogP contribution is 2.30. The molecule has 0 aliphatic carbocycles. The average Bonchev–Trinajstić information content (AvgIpc) is 2.81. The molecule has 116 valence electrons. The Bertz CT molecular complexity index is 485. The van der Waals surface area contributed by atoms with Gasteiger partial charge in [0.05, 0.1) is 0 Å². The van der Waals surface area contributed by atoms with Crippen molar-refractivity contribution in [1.29, 1.82) is 0 Å². The van der Waals surface area contributed by atoms with Gasteiger partial charge >= 0.3 is 0 Å². The topological polar surface area (TPSA) is 35.6 Å². The Morgan fingerprint density at radius 1 is 1.38 bits per heavy atom. The molecule has 0 bridgehead atoms. The van der Waals surface area contributed by atoms with Crippen LogP contribution in [0.5, 0.6) is 0 Å². The van der Waals surface area contributed by atoms with Crippen LogP contribution in [0, 0.1) is 0 Å². The van der Waals surface area contributed by atoms with Gasteiger partial charge in [0.2, 0.25) is 5.91 Å². The molecule has 2 rings (SSSR count). The van der Waals surface area contributed by atoms with Crippen molar-refractivity contribution in [1.82, 2.24) is 4.90 Å². The lowest BCUT2D eigenvalue weighted by Gasteiger charge is -2.20. The van der Waals surface area contributed by atoms with E-state index in [1.54, 1.807) is 0 Å². The second-order valence-electron chi connectivity index (χ2n) is 6.04. The highest BCUT2D eigenvalue weighted by atomic mass is 16.1. The van der Waals surface area contributed by atoms with Crippen LogP contribution in [-0.2, 0) is 11.2 Å². The molecule has 0 fully saturated rings. The van der Waals surface area contributed by atoms with Crippen LogP contribution in [0.2, 0.25) is 0 Å². The maximum absolute atomic E-state index is 11.7. The molecule has 0 saturated heterocycles. The highest BCUT2D eigenvalue weighted by molar-refractivity contribution is 5.91. The second-order valence-corrected chi connectivity index (χ2v) is 6.04. The zero-order valence-electron chi connectivity index (χ0n) is 13.5. The molecule has 1 amide bonds. The third-order valence-electron chi connectivity index (χ3n) is 3.87. The lowest BCUT2D eigenvalue weighted by atomic mass is 10.1. The van der Waals surface area contributed by atoms with Crippen molar-refractivity contribution in [2.24, 2.45) is 0 Å². The van der Waals surface area contributed by atoms with Crippen LogP contribution in [0.15, 0.2) is 18.2 Å². The van der Waals surface area contributed by atoms with E-state index < -0.39 is 0 Å². The van der Waals surface area contributed by atoms with Crippen LogP contribution in [0.25, 0.3) is 0 Å². The first-order valence-electron chi connectivity index (χ1n) is 7.92. The third kappa shape index (κ3) is 4.46. The first-order chi connectivity index (χ1) is 10.1. The fraction of sp³-hybridized carbons (Fsp3) is 0.588. The van der Waals surface area contributed by atoms with Gasteiger partial charge in [0, 0.05) is 30.9 Å². The van der Waals surface area contributed by atoms with Crippen molar-refractivity contribution in [3.63, 3.8) is 0 Å². The van der Waals surface area contributed by atoms with E-state index in [-0.39, 0.29) is 5.91 Å². The van der Waals surface area contributed by atoms with Crippen LogP contribution < -0.4 is 10.2 Å². The predicted molar refractivity (Wildman–Crippen MR) is 89.1 cm³/mol. The molecule has 1 N–H and O–H groups in total. The second kappa shape index (κ2) is 7.46. The van der Waals surface area contributed by atoms with E-state index >= 15 is 0 Å². The van der Waals surface area contributed by atoms with Crippen LogP contribution >= 0.6 is 0 Å². The van der Waals surface area contributed by atoms with Crippen molar-refractivity contribution in [2.45, 2.75) is 32.6 Å². The Morgan fingerprint density at radius 2 is 2.19 bits per heavy atom. The molecule has 1 aliphatic heterocycles. The predicted octanol–water partition coefficient (Wildman–Crippen LogP) is 2.74. The van der Waals surface area contributed by atoms with E-state index in [0.717, 1.165) is 38.2 Å². The number of fused-ring (bicyclic) bond motifs is 1. The summed E-state index contributed by atoms with van der Waals surface area (Å²) in [6, 6.07) is 6.31. The van der Waals surface area contributed by atoms with Crippen molar-refractivity contribution < 1.29 is 4.79 Å². The number of amides is 1. The van der Waals surface area contributed by atoms with Gasteiger partial charge < -0.3 is 15.1 Å². The molecule has 4 nitrogen and oxygen atoms in total. The van der Waals surface area contributed by atoms with E-state index in [9.17, 15) is 4.79 Å². The quantitative estimate of drug-likeness (QED) is 0.838. The minimum Gasteiger partial charge on any atom is -0.371 e. The molecule has 0 saturated carbocycles. The summed E-state index contributed by atoms with van der Waals surface area (Å²) in [6.07, 6.45) is 3.74. The van der Waals surface area contributed by atoms with Gasteiger partial charge in [-0.2, -0.15) is 0 Å². The Balaban J connectivity index is 1.94. The van der Waals surface area contributed by atoms with Crippen molar-refractivity contribution in [3.05, 3.63) is 23.8 Å². The summed E-state index contributed by atoms with van der Waals surface area (Å²) < 4.78 is 0. The number of hydrogen-bond acceptors (Lipinski definition) is 3. The minimum absolute atomic E-state index is 0.110. The largest absolute Gasteiger partial charge is 0.371 e. The molecule has 0 atom stereocenters. The Morgan fingerprint density at radius 3 is 2.90 bits per heavy atom. The number of carbonyl (C=O) groups excluding carboxylic acids is 1. The van der Waals surface area contributed by atoms with Crippen molar-refractivity contribution in [3.8, 4) is 0 Å². The van der Waals surface area contributed by atoms with E-state index in [1.807, 2.05) is 13.0 Å². The van der Waals surface area contributed by atoms with E-state index in [1.165, 1.54) is 17.7 Å². The Hall–Kier alpha value is -1.55. The SMILES string of the molecule is CCCC(=O)Nc1ccc2c(c1)CCN2CCCN(C)C. The fourth-order valence-corrected chi connectivity index (χ4v) is 2.81. The number of anilines is 2. The number of nitrogens with one attached hydrogen (secondary N) is 1. The summed E-state index contributed by atoms with van der Waals surface area (Å²) in [5, 5.41) is 2.98. The van der Waals surface area contributed by atoms with Gasteiger partial charge in [-0.3, -0.25) is 4.79 Å². The first kappa shape index (κ1) is 15.8. The molecule has 1 heterocycles. The first-order valence-corrected chi connectivity index (χ1v) is 7.92. The molecule has 21 heavy (non-hydrogen) atoms. The molecule has 1 aromatic carbocycles. The maximum atomic E-state index is 11.7. The van der Waals surface area contributed by atoms with Gasteiger partial charge in [-0.15, -0.1) is 0 Å². The lowest BCUT2D eigenvalue weighted by molar-refractivity contribution is -0.116. The maximum Gasteiger partial charge on any atom is 0.224 e. The summed E-state index contributed by atoms with van der Waals surface area (Å²) in [5.41, 5.74) is 3.62. The van der Waals surface area contributed by atoms with Gasteiger partial charge in [0.1, 0.15) is 0 Å². The zero-order chi connectivity index (χ0) is 15.2. The van der Waals surface area contributed by atoms with Crippen molar-refractivity contribution >= 4 is 17.3 Å². The summed E-state index contributed by atoms with van der Waals surface area (Å²) in [4.78, 5) is 16.3. The fourth-order valence-electron chi connectivity index (χ4n) is 2.81. The third-order valence-corrected chi connectivity index (χ3v) is 3.87. The minimum atomic E-state index is 0.110. The van der Waals surface area contributed by atoms with E-state index in [4.69, 9.17) is 0 Å². The standard InChI is InChI=1S/C17H27N3O/c1-4-6-17(21)18-15-7-8-16-14(13-15)9-12-20(16)11-5-10-19(2)3/h7-8,13H,4-6,9-12H2,1-3H3,(H,18,21). The molecule has 0 unspecified atom stereocenters. The lowest BCUT2D eigenvalue weighted by Crippen LogP contribution is -2.25. The van der Waals surface area contributed by atoms with Gasteiger partial charge in [0.15, 0.2) is 0 Å². The van der Waals surface area contributed by atoms with Crippen LogP contribution in [0.1, 0.15) is 31.7 Å². The molecule has 0 aromatic heterocycles. The highest BCUT2D eigenvalue weighted by Gasteiger charge is 2.19.